The van der Waals surface area contributed by atoms with Gasteiger partial charge in [0.25, 0.3) is 0 Å². The number of carbonyl (C=O) groups excluding carboxylic acids is 1. The highest BCUT2D eigenvalue weighted by Crippen LogP contribution is 2.38. The average Bonchev–Trinajstić information content (AvgIpc) is 2.44. The van der Waals surface area contributed by atoms with Gasteiger partial charge in [-0.1, -0.05) is 13.0 Å². The molecule has 1 aromatic rings. The number of aryl methyl sites for hydroxylation is 1. The van der Waals surface area contributed by atoms with Gasteiger partial charge in [-0.25, -0.2) is 4.79 Å². The van der Waals surface area contributed by atoms with Gasteiger partial charge >= 0.3 is 12.1 Å². The highest BCUT2D eigenvalue weighted by atomic mass is 19.4. The molecule has 0 saturated heterocycles. The van der Waals surface area contributed by atoms with Gasteiger partial charge in [0.15, 0.2) is 0 Å². The first kappa shape index (κ1) is 14.7. The molecule has 0 bridgehead atoms. The van der Waals surface area contributed by atoms with Crippen LogP contribution in [0.4, 0.5) is 18.9 Å². The predicted octanol–water partition coefficient (Wildman–Crippen LogP) is 3.39. The first-order valence-electron chi connectivity index (χ1n) is 6.39. The molecule has 1 atom stereocenters. The van der Waals surface area contributed by atoms with Gasteiger partial charge < -0.3 is 10.1 Å². The van der Waals surface area contributed by atoms with E-state index in [1.54, 1.807) is 0 Å². The molecular formula is C14H16F3NO2. The van der Waals surface area contributed by atoms with Crippen LogP contribution in [-0.4, -0.2) is 18.6 Å². The number of fused-ring (bicyclic) bond motifs is 1. The van der Waals surface area contributed by atoms with Crippen molar-refractivity contribution in [3.63, 3.8) is 0 Å². The number of methoxy groups -OCH3 is 1. The second-order valence-corrected chi connectivity index (χ2v) is 4.92. The number of ether oxygens (including phenoxy) is 1. The Labute approximate surface area is 115 Å². The van der Waals surface area contributed by atoms with Gasteiger partial charge in [0, 0.05) is 5.69 Å². The minimum absolute atomic E-state index is 0.360. The molecule has 0 spiro atoms. The fraction of sp³-hybridized carbons (Fsp3) is 0.500. The molecule has 1 aromatic carbocycles. The number of alkyl halides is 3. The molecule has 2 rings (SSSR count). The van der Waals surface area contributed by atoms with E-state index in [4.69, 9.17) is 4.74 Å². The predicted molar refractivity (Wildman–Crippen MR) is 68.4 cm³/mol. The van der Waals surface area contributed by atoms with Crippen LogP contribution in [0.3, 0.4) is 0 Å². The summed E-state index contributed by atoms with van der Waals surface area (Å²) in [6.07, 6.45) is -2.89. The second-order valence-electron chi connectivity index (χ2n) is 4.92. The molecule has 110 valence electrons. The smallest absolute Gasteiger partial charge is 0.416 e. The monoisotopic (exact) mass is 287 g/mol. The largest absolute Gasteiger partial charge is 0.467 e. The van der Waals surface area contributed by atoms with Crippen LogP contribution in [0.2, 0.25) is 0 Å². The van der Waals surface area contributed by atoms with Crippen molar-refractivity contribution < 1.29 is 22.7 Å². The molecule has 0 fully saturated rings. The lowest BCUT2D eigenvalue weighted by atomic mass is 9.83. The van der Waals surface area contributed by atoms with E-state index in [-0.39, 0.29) is 0 Å². The average molecular weight is 287 g/mol. The Balaban J connectivity index is 2.39. The molecule has 0 saturated carbocycles. The third-order valence-corrected chi connectivity index (χ3v) is 3.81. The number of rotatable bonds is 2. The number of nitrogens with one attached hydrogen (secondary N) is 1. The summed E-state index contributed by atoms with van der Waals surface area (Å²) in [5.41, 5.74) is -0.517. The van der Waals surface area contributed by atoms with Crippen molar-refractivity contribution in [3.8, 4) is 0 Å². The van der Waals surface area contributed by atoms with E-state index < -0.39 is 23.2 Å². The standard InChI is InChI=1S/C14H16F3NO2/c1-3-13(12(19)20-2)7-6-9-4-5-10(14(15,16)17)8-11(9)18-13/h4-5,8,18H,3,6-7H2,1-2H3. The van der Waals surface area contributed by atoms with Crippen LogP contribution in [0.5, 0.6) is 0 Å². The van der Waals surface area contributed by atoms with Crippen LogP contribution >= 0.6 is 0 Å². The van der Waals surface area contributed by atoms with Crippen LogP contribution in [-0.2, 0) is 22.1 Å². The number of carbonyl (C=O) groups is 1. The van der Waals surface area contributed by atoms with Crippen molar-refractivity contribution in [1.82, 2.24) is 0 Å². The minimum Gasteiger partial charge on any atom is -0.467 e. The van der Waals surface area contributed by atoms with E-state index in [9.17, 15) is 18.0 Å². The maximum atomic E-state index is 12.7. The van der Waals surface area contributed by atoms with Crippen molar-refractivity contribution >= 4 is 11.7 Å². The normalized spacial score (nSPS) is 21.9. The summed E-state index contributed by atoms with van der Waals surface area (Å²) in [6, 6.07) is 3.58. The molecule has 6 heteroatoms. The summed E-state index contributed by atoms with van der Waals surface area (Å²) in [6.45, 7) is 1.81. The fourth-order valence-electron chi connectivity index (χ4n) is 2.51. The molecule has 0 aliphatic carbocycles. The van der Waals surface area contributed by atoms with Gasteiger partial charge in [0.05, 0.1) is 12.7 Å². The zero-order chi connectivity index (χ0) is 15.0. The zero-order valence-corrected chi connectivity index (χ0v) is 11.3. The van der Waals surface area contributed by atoms with Crippen molar-refractivity contribution in [3.05, 3.63) is 29.3 Å². The highest BCUT2D eigenvalue weighted by Gasteiger charge is 2.41. The molecule has 3 nitrogen and oxygen atoms in total. The van der Waals surface area contributed by atoms with E-state index in [2.05, 4.69) is 5.32 Å². The van der Waals surface area contributed by atoms with Gasteiger partial charge in [0.1, 0.15) is 5.54 Å². The summed E-state index contributed by atoms with van der Waals surface area (Å²) in [5.74, 6) is -0.442. The third kappa shape index (κ3) is 2.46. The van der Waals surface area contributed by atoms with Crippen molar-refractivity contribution in [2.75, 3.05) is 12.4 Å². The van der Waals surface area contributed by atoms with Gasteiger partial charge in [-0.05, 0) is 37.0 Å². The van der Waals surface area contributed by atoms with E-state index in [0.717, 1.165) is 17.7 Å². The van der Waals surface area contributed by atoms with Gasteiger partial charge in [-0.15, -0.1) is 0 Å². The summed E-state index contributed by atoms with van der Waals surface area (Å²) in [5, 5.41) is 2.95. The molecule has 0 amide bonds. The molecule has 1 N–H and O–H groups in total. The molecular weight excluding hydrogens is 271 g/mol. The van der Waals surface area contributed by atoms with E-state index in [1.807, 2.05) is 6.92 Å². The maximum absolute atomic E-state index is 12.7. The highest BCUT2D eigenvalue weighted by molar-refractivity contribution is 5.85. The van der Waals surface area contributed by atoms with Crippen LogP contribution in [0.15, 0.2) is 18.2 Å². The molecule has 1 aliphatic rings. The van der Waals surface area contributed by atoms with Crippen LogP contribution < -0.4 is 5.32 Å². The van der Waals surface area contributed by atoms with E-state index in [0.29, 0.717) is 24.9 Å². The Morgan fingerprint density at radius 2 is 2.15 bits per heavy atom. The van der Waals surface area contributed by atoms with Gasteiger partial charge in [-0.2, -0.15) is 13.2 Å². The topological polar surface area (TPSA) is 38.3 Å². The van der Waals surface area contributed by atoms with E-state index >= 15 is 0 Å². The van der Waals surface area contributed by atoms with Crippen LogP contribution in [0, 0.1) is 0 Å². The number of hydrogen-bond donors (Lipinski definition) is 1. The number of hydrogen-bond acceptors (Lipinski definition) is 3. The number of anilines is 1. The third-order valence-electron chi connectivity index (χ3n) is 3.81. The minimum atomic E-state index is -4.39. The maximum Gasteiger partial charge on any atom is 0.416 e. The zero-order valence-electron chi connectivity index (χ0n) is 11.3. The summed E-state index contributed by atoms with van der Waals surface area (Å²) < 4.78 is 43.0. The Kier molecular flexibility index (Phi) is 3.67. The van der Waals surface area contributed by atoms with Gasteiger partial charge in [-0.3, -0.25) is 0 Å². The number of halogens is 3. The summed E-state index contributed by atoms with van der Waals surface area (Å²) in [7, 11) is 1.28. The molecule has 0 radical (unpaired) electrons. The number of benzene rings is 1. The Hall–Kier alpha value is -1.72. The van der Waals surface area contributed by atoms with Crippen LogP contribution in [0.25, 0.3) is 0 Å². The van der Waals surface area contributed by atoms with E-state index in [1.165, 1.54) is 13.2 Å². The molecule has 1 unspecified atom stereocenters. The van der Waals surface area contributed by atoms with Gasteiger partial charge in [0.2, 0.25) is 0 Å². The Bertz CT molecular complexity index is 528. The lowest BCUT2D eigenvalue weighted by Crippen LogP contribution is -2.49. The molecule has 1 aliphatic heterocycles. The quantitative estimate of drug-likeness (QED) is 0.847. The Morgan fingerprint density at radius 3 is 2.70 bits per heavy atom. The fourth-order valence-corrected chi connectivity index (χ4v) is 2.51. The van der Waals surface area contributed by atoms with Crippen LogP contribution in [0.1, 0.15) is 30.9 Å². The SMILES string of the molecule is CCC1(C(=O)OC)CCc2ccc(C(F)(F)F)cc2N1. The molecule has 20 heavy (non-hydrogen) atoms. The molecule has 1 heterocycles. The first-order chi connectivity index (χ1) is 9.32. The summed E-state index contributed by atoms with van der Waals surface area (Å²) >= 11 is 0. The summed E-state index contributed by atoms with van der Waals surface area (Å²) in [4.78, 5) is 11.9. The van der Waals surface area contributed by atoms with Crippen molar-refractivity contribution in [1.29, 1.82) is 0 Å². The second kappa shape index (κ2) is 5.00. The lowest BCUT2D eigenvalue weighted by molar-refractivity contribution is -0.146. The van der Waals surface area contributed by atoms with Crippen molar-refractivity contribution in [2.45, 2.75) is 37.9 Å². The van der Waals surface area contributed by atoms with Crippen molar-refractivity contribution in [2.24, 2.45) is 0 Å². The molecule has 0 aromatic heterocycles. The lowest BCUT2D eigenvalue weighted by Gasteiger charge is -2.37. The Morgan fingerprint density at radius 1 is 1.45 bits per heavy atom. The first-order valence-corrected chi connectivity index (χ1v) is 6.39. The number of esters is 1.